The molecule has 4 heteroatoms. The third-order valence-corrected chi connectivity index (χ3v) is 2.35. The van der Waals surface area contributed by atoms with Crippen molar-refractivity contribution < 1.29 is 4.79 Å². The number of carbonyl (C=O) groups excluding carboxylic acids is 1. The molecule has 0 radical (unpaired) electrons. The number of hydrogen-bond acceptors (Lipinski definition) is 2. The fraction of sp³-hybridized carbons (Fsp3) is 0.273. The second-order valence-corrected chi connectivity index (χ2v) is 3.70. The normalized spacial score (nSPS) is 10.6. The minimum Gasteiger partial charge on any atom is -0.343 e. The van der Waals surface area contributed by atoms with E-state index in [4.69, 9.17) is 0 Å². The molecule has 2 heterocycles. The molecule has 2 aromatic rings. The van der Waals surface area contributed by atoms with Gasteiger partial charge in [-0.1, -0.05) is 6.07 Å². The average molecular weight is 203 g/mol. The van der Waals surface area contributed by atoms with Gasteiger partial charge in [-0.05, 0) is 19.1 Å². The lowest BCUT2D eigenvalue weighted by Crippen LogP contribution is -2.23. The highest BCUT2D eigenvalue weighted by Gasteiger charge is 2.14. The van der Waals surface area contributed by atoms with E-state index in [-0.39, 0.29) is 5.91 Å². The first-order valence-electron chi connectivity index (χ1n) is 4.76. The quantitative estimate of drug-likeness (QED) is 0.701. The maximum atomic E-state index is 11.8. The van der Waals surface area contributed by atoms with Crippen molar-refractivity contribution in [3.05, 3.63) is 35.8 Å². The number of pyridine rings is 1. The van der Waals surface area contributed by atoms with Gasteiger partial charge in [-0.15, -0.1) is 0 Å². The molecule has 2 aromatic heterocycles. The van der Waals surface area contributed by atoms with E-state index in [1.54, 1.807) is 25.2 Å². The van der Waals surface area contributed by atoms with Crippen LogP contribution in [0.5, 0.6) is 0 Å². The van der Waals surface area contributed by atoms with Crippen LogP contribution in [-0.2, 0) is 0 Å². The zero-order chi connectivity index (χ0) is 11.0. The maximum absolute atomic E-state index is 11.8. The minimum absolute atomic E-state index is 0.0307. The highest BCUT2D eigenvalue weighted by molar-refractivity contribution is 5.93. The van der Waals surface area contributed by atoms with Crippen LogP contribution in [0.1, 0.15) is 16.2 Å². The van der Waals surface area contributed by atoms with Gasteiger partial charge in [0.1, 0.15) is 11.3 Å². The highest BCUT2D eigenvalue weighted by Crippen LogP contribution is 2.11. The Bertz CT molecular complexity index is 514. The molecule has 0 aliphatic carbocycles. The number of rotatable bonds is 1. The third-order valence-electron chi connectivity index (χ3n) is 2.35. The van der Waals surface area contributed by atoms with Crippen LogP contribution in [0.4, 0.5) is 0 Å². The van der Waals surface area contributed by atoms with Gasteiger partial charge >= 0.3 is 0 Å². The van der Waals surface area contributed by atoms with Gasteiger partial charge in [-0.2, -0.15) is 0 Å². The summed E-state index contributed by atoms with van der Waals surface area (Å²) in [4.78, 5) is 17.6. The van der Waals surface area contributed by atoms with Gasteiger partial charge in [0.15, 0.2) is 0 Å². The molecular formula is C11H13N3O. The third kappa shape index (κ3) is 1.48. The van der Waals surface area contributed by atoms with Gasteiger partial charge < -0.3 is 4.90 Å². The van der Waals surface area contributed by atoms with E-state index < -0.39 is 0 Å². The Morgan fingerprint density at radius 2 is 2.13 bits per heavy atom. The first-order valence-corrected chi connectivity index (χ1v) is 4.76. The van der Waals surface area contributed by atoms with Crippen molar-refractivity contribution >= 4 is 11.6 Å². The lowest BCUT2D eigenvalue weighted by Gasteiger charge is -2.10. The van der Waals surface area contributed by atoms with E-state index >= 15 is 0 Å². The van der Waals surface area contributed by atoms with Crippen molar-refractivity contribution in [2.24, 2.45) is 0 Å². The molecule has 0 saturated carbocycles. The van der Waals surface area contributed by atoms with E-state index in [0.29, 0.717) is 5.69 Å². The highest BCUT2D eigenvalue weighted by atomic mass is 16.2. The van der Waals surface area contributed by atoms with Gasteiger partial charge in [-0.3, -0.25) is 9.20 Å². The molecule has 15 heavy (non-hydrogen) atoms. The molecular weight excluding hydrogens is 190 g/mol. The first-order chi connectivity index (χ1) is 7.11. The Morgan fingerprint density at radius 3 is 2.80 bits per heavy atom. The summed E-state index contributed by atoms with van der Waals surface area (Å²) in [7, 11) is 3.47. The van der Waals surface area contributed by atoms with Crippen LogP contribution in [0.3, 0.4) is 0 Å². The van der Waals surface area contributed by atoms with E-state index in [2.05, 4.69) is 4.98 Å². The van der Waals surface area contributed by atoms with E-state index in [1.165, 1.54) is 0 Å². The number of aromatic nitrogens is 2. The number of aryl methyl sites for hydroxylation is 1. The summed E-state index contributed by atoms with van der Waals surface area (Å²) in [6.07, 6.45) is 1.62. The molecule has 0 aliphatic rings. The molecule has 1 amide bonds. The van der Waals surface area contributed by atoms with Gasteiger partial charge in [0.2, 0.25) is 0 Å². The van der Waals surface area contributed by atoms with E-state index in [9.17, 15) is 4.79 Å². The first kappa shape index (κ1) is 9.71. The molecule has 0 aromatic carbocycles. The van der Waals surface area contributed by atoms with E-state index in [1.807, 2.05) is 29.5 Å². The summed E-state index contributed by atoms with van der Waals surface area (Å²) in [6, 6.07) is 5.78. The van der Waals surface area contributed by atoms with Crippen LogP contribution in [0, 0.1) is 6.92 Å². The molecule has 0 saturated heterocycles. The molecule has 0 spiro atoms. The monoisotopic (exact) mass is 203 g/mol. The predicted molar refractivity (Wildman–Crippen MR) is 57.9 cm³/mol. The smallest absolute Gasteiger partial charge is 0.271 e. The summed E-state index contributed by atoms with van der Waals surface area (Å²) < 4.78 is 1.86. The molecule has 4 nitrogen and oxygen atoms in total. The van der Waals surface area contributed by atoms with Crippen molar-refractivity contribution in [1.82, 2.24) is 14.3 Å². The number of imidazole rings is 1. The Morgan fingerprint density at radius 1 is 1.40 bits per heavy atom. The van der Waals surface area contributed by atoms with Crippen molar-refractivity contribution in [1.29, 1.82) is 0 Å². The Labute approximate surface area is 88.2 Å². The topological polar surface area (TPSA) is 37.6 Å². The largest absolute Gasteiger partial charge is 0.343 e. The van der Waals surface area contributed by atoms with Crippen LogP contribution >= 0.6 is 0 Å². The molecule has 0 aliphatic heterocycles. The summed E-state index contributed by atoms with van der Waals surface area (Å²) in [5.41, 5.74) is 2.42. The molecule has 0 fully saturated rings. The fourth-order valence-electron chi connectivity index (χ4n) is 1.58. The SMILES string of the molecule is Cc1cccc2ncc(C(=O)N(C)C)n12. The standard InChI is InChI=1S/C11H13N3O/c1-8-5-4-6-10-12-7-9(14(8)10)11(15)13(2)3/h4-7H,1-3H3. The Hall–Kier alpha value is -1.84. The molecule has 78 valence electrons. The zero-order valence-corrected chi connectivity index (χ0v) is 9.06. The molecule has 2 rings (SSSR count). The fourth-order valence-corrected chi connectivity index (χ4v) is 1.58. The average Bonchev–Trinajstić information content (AvgIpc) is 2.61. The zero-order valence-electron chi connectivity index (χ0n) is 9.06. The van der Waals surface area contributed by atoms with Crippen LogP contribution in [0.15, 0.2) is 24.4 Å². The Balaban J connectivity index is 2.67. The van der Waals surface area contributed by atoms with Crippen molar-refractivity contribution in [2.45, 2.75) is 6.92 Å². The van der Waals surface area contributed by atoms with Crippen molar-refractivity contribution in [3.8, 4) is 0 Å². The molecule has 0 bridgehead atoms. The van der Waals surface area contributed by atoms with Gasteiger partial charge in [0.25, 0.3) is 5.91 Å². The molecule has 0 N–H and O–H groups in total. The summed E-state index contributed by atoms with van der Waals surface area (Å²) >= 11 is 0. The lowest BCUT2D eigenvalue weighted by atomic mass is 10.3. The number of nitrogens with zero attached hydrogens (tertiary/aromatic N) is 3. The summed E-state index contributed by atoms with van der Waals surface area (Å²) in [5, 5.41) is 0. The Kier molecular flexibility index (Phi) is 2.19. The second-order valence-electron chi connectivity index (χ2n) is 3.70. The van der Waals surface area contributed by atoms with Crippen LogP contribution in [0.2, 0.25) is 0 Å². The van der Waals surface area contributed by atoms with Crippen molar-refractivity contribution in [2.75, 3.05) is 14.1 Å². The van der Waals surface area contributed by atoms with Crippen molar-refractivity contribution in [3.63, 3.8) is 0 Å². The molecule has 0 atom stereocenters. The number of fused-ring (bicyclic) bond motifs is 1. The van der Waals surface area contributed by atoms with Crippen LogP contribution in [-0.4, -0.2) is 34.3 Å². The lowest BCUT2D eigenvalue weighted by molar-refractivity contribution is 0.0820. The minimum atomic E-state index is -0.0307. The van der Waals surface area contributed by atoms with Crippen LogP contribution in [0.25, 0.3) is 5.65 Å². The number of hydrogen-bond donors (Lipinski definition) is 0. The van der Waals surface area contributed by atoms with Gasteiger partial charge in [-0.25, -0.2) is 4.98 Å². The van der Waals surface area contributed by atoms with Crippen LogP contribution < -0.4 is 0 Å². The number of amides is 1. The van der Waals surface area contributed by atoms with Gasteiger partial charge in [0, 0.05) is 19.8 Å². The number of carbonyl (C=O) groups is 1. The maximum Gasteiger partial charge on any atom is 0.271 e. The molecule has 0 unspecified atom stereocenters. The van der Waals surface area contributed by atoms with E-state index in [0.717, 1.165) is 11.3 Å². The van der Waals surface area contributed by atoms with Gasteiger partial charge in [0.05, 0.1) is 6.20 Å². The summed E-state index contributed by atoms with van der Waals surface area (Å²) in [6.45, 7) is 1.96. The predicted octanol–water partition coefficient (Wildman–Crippen LogP) is 1.34. The second kappa shape index (κ2) is 3.38. The summed E-state index contributed by atoms with van der Waals surface area (Å²) in [5.74, 6) is -0.0307.